The Morgan fingerprint density at radius 3 is 2.38 bits per heavy atom. The van der Waals surface area contributed by atoms with Gasteiger partial charge in [-0.3, -0.25) is 14.2 Å². The maximum absolute atomic E-state index is 13.3. The van der Waals surface area contributed by atoms with E-state index in [0.717, 1.165) is 18.2 Å². The van der Waals surface area contributed by atoms with Crippen LogP contribution in [0.15, 0.2) is 58.2 Å². The van der Waals surface area contributed by atoms with Gasteiger partial charge >= 0.3 is 0 Å². The molecule has 9 heteroatoms. The molecular formula is C17H15ClFN3O3S. The predicted molar refractivity (Wildman–Crippen MR) is 98.0 cm³/mol. The lowest BCUT2D eigenvalue weighted by Gasteiger charge is -2.08. The molecule has 3 aromatic rings. The quantitative estimate of drug-likeness (QED) is 0.737. The van der Waals surface area contributed by atoms with Crippen LogP contribution in [0.1, 0.15) is 5.69 Å². The molecular weight excluding hydrogens is 381 g/mol. The molecule has 26 heavy (non-hydrogen) atoms. The summed E-state index contributed by atoms with van der Waals surface area (Å²) in [6, 6.07) is 11.9. The number of rotatable bonds is 4. The Kier molecular flexibility index (Phi) is 4.64. The number of halogens is 2. The van der Waals surface area contributed by atoms with Gasteiger partial charge in [-0.2, -0.15) is 0 Å². The van der Waals surface area contributed by atoms with Gasteiger partial charge in [0.2, 0.25) is 0 Å². The van der Waals surface area contributed by atoms with Crippen LogP contribution < -0.4 is 10.3 Å². The van der Waals surface area contributed by atoms with E-state index in [9.17, 15) is 17.6 Å². The van der Waals surface area contributed by atoms with Gasteiger partial charge in [-0.05, 0) is 37.3 Å². The molecule has 0 fully saturated rings. The number of aromatic nitrogens is 2. The normalized spacial score (nSPS) is 11.5. The van der Waals surface area contributed by atoms with Crippen LogP contribution in [0.25, 0.3) is 5.69 Å². The number of para-hydroxylation sites is 1. The molecule has 0 aliphatic heterocycles. The second-order valence-corrected chi connectivity index (χ2v) is 7.71. The average Bonchev–Trinajstić information content (AvgIpc) is 2.81. The zero-order valence-corrected chi connectivity index (χ0v) is 15.5. The number of benzene rings is 2. The van der Waals surface area contributed by atoms with Gasteiger partial charge in [0.25, 0.3) is 15.6 Å². The first kappa shape index (κ1) is 18.2. The molecule has 3 rings (SSSR count). The van der Waals surface area contributed by atoms with Crippen LogP contribution in [0, 0.1) is 12.7 Å². The highest BCUT2D eigenvalue weighted by atomic mass is 35.5. The highest BCUT2D eigenvalue weighted by molar-refractivity contribution is 7.92. The predicted octanol–water partition coefficient (Wildman–Crippen LogP) is 3.08. The topological polar surface area (TPSA) is 73.1 Å². The summed E-state index contributed by atoms with van der Waals surface area (Å²) in [6.45, 7) is 1.62. The summed E-state index contributed by atoms with van der Waals surface area (Å²) in [7, 11) is -2.46. The summed E-state index contributed by atoms with van der Waals surface area (Å²) in [5.74, 6) is -0.729. The number of nitrogens with one attached hydrogen (secondary N) is 1. The van der Waals surface area contributed by atoms with Crippen molar-refractivity contribution in [2.24, 2.45) is 7.05 Å². The third kappa shape index (κ3) is 3.13. The zero-order chi connectivity index (χ0) is 19.1. The number of hydrogen-bond donors (Lipinski definition) is 1. The van der Waals surface area contributed by atoms with E-state index in [4.69, 9.17) is 11.6 Å². The summed E-state index contributed by atoms with van der Waals surface area (Å²) in [6.07, 6.45) is 0. The third-order valence-corrected chi connectivity index (χ3v) is 5.63. The summed E-state index contributed by atoms with van der Waals surface area (Å²) >= 11 is 5.66. The molecule has 0 saturated heterocycles. The molecule has 0 amide bonds. The minimum atomic E-state index is -4.11. The van der Waals surface area contributed by atoms with Crippen LogP contribution in [0.5, 0.6) is 0 Å². The summed E-state index contributed by atoms with van der Waals surface area (Å²) in [5, 5.41) is -0.320. The van der Waals surface area contributed by atoms with Gasteiger partial charge in [0.15, 0.2) is 0 Å². The van der Waals surface area contributed by atoms with Crippen molar-refractivity contribution in [3.05, 3.63) is 75.4 Å². The van der Waals surface area contributed by atoms with Gasteiger partial charge in [0.1, 0.15) is 11.5 Å². The molecule has 0 aliphatic rings. The largest absolute Gasteiger partial charge is 0.296 e. The van der Waals surface area contributed by atoms with E-state index in [2.05, 4.69) is 4.72 Å². The first-order valence-corrected chi connectivity index (χ1v) is 9.40. The van der Waals surface area contributed by atoms with E-state index in [1.54, 1.807) is 42.9 Å². The second-order valence-electron chi connectivity index (χ2n) is 5.62. The summed E-state index contributed by atoms with van der Waals surface area (Å²) in [5.41, 5.74) is 0.416. The lowest BCUT2D eigenvalue weighted by Crippen LogP contribution is -2.23. The molecule has 1 heterocycles. The molecule has 136 valence electrons. The van der Waals surface area contributed by atoms with E-state index in [1.165, 1.54) is 4.68 Å². The molecule has 0 radical (unpaired) electrons. The van der Waals surface area contributed by atoms with Crippen LogP contribution in [-0.4, -0.2) is 17.8 Å². The van der Waals surface area contributed by atoms with Crippen LogP contribution in [0.4, 0.5) is 10.1 Å². The van der Waals surface area contributed by atoms with E-state index < -0.39 is 21.4 Å². The Balaban J connectivity index is 2.08. The van der Waals surface area contributed by atoms with Crippen molar-refractivity contribution in [3.63, 3.8) is 0 Å². The lowest BCUT2D eigenvalue weighted by atomic mass is 10.3. The summed E-state index contributed by atoms with van der Waals surface area (Å²) < 4.78 is 43.6. The van der Waals surface area contributed by atoms with Gasteiger partial charge in [-0.15, -0.1) is 0 Å². The number of sulfonamides is 1. The van der Waals surface area contributed by atoms with Gasteiger partial charge < -0.3 is 0 Å². The third-order valence-electron chi connectivity index (χ3n) is 3.99. The Labute approximate surface area is 154 Å². The van der Waals surface area contributed by atoms with E-state index in [0.29, 0.717) is 11.4 Å². The Bertz CT molecular complexity index is 1140. The first-order valence-electron chi connectivity index (χ1n) is 7.54. The molecule has 1 aromatic heterocycles. The maximum Gasteiger partial charge on any atom is 0.296 e. The van der Waals surface area contributed by atoms with Crippen molar-refractivity contribution in [1.82, 2.24) is 9.36 Å². The minimum Gasteiger partial charge on any atom is -0.283 e. The van der Waals surface area contributed by atoms with Gasteiger partial charge in [0.05, 0.1) is 21.3 Å². The van der Waals surface area contributed by atoms with E-state index in [-0.39, 0.29) is 15.6 Å². The maximum atomic E-state index is 13.3. The van der Waals surface area contributed by atoms with Crippen LogP contribution in [0.2, 0.25) is 5.02 Å². The average molecular weight is 396 g/mol. The van der Waals surface area contributed by atoms with Crippen molar-refractivity contribution >= 4 is 27.3 Å². The highest BCUT2D eigenvalue weighted by Crippen LogP contribution is 2.22. The van der Waals surface area contributed by atoms with Crippen molar-refractivity contribution < 1.29 is 12.8 Å². The highest BCUT2D eigenvalue weighted by Gasteiger charge is 2.23. The molecule has 2 aromatic carbocycles. The van der Waals surface area contributed by atoms with Crippen LogP contribution in [-0.2, 0) is 17.1 Å². The first-order chi connectivity index (χ1) is 12.2. The molecule has 0 aliphatic carbocycles. The lowest BCUT2D eigenvalue weighted by molar-refractivity contribution is 0.599. The fraction of sp³-hybridized carbons (Fsp3) is 0.118. The molecule has 0 atom stereocenters. The fourth-order valence-electron chi connectivity index (χ4n) is 2.52. The fourth-order valence-corrected chi connectivity index (χ4v) is 3.91. The van der Waals surface area contributed by atoms with Gasteiger partial charge in [0, 0.05) is 7.05 Å². The van der Waals surface area contributed by atoms with Crippen LogP contribution in [0.3, 0.4) is 0 Å². The zero-order valence-electron chi connectivity index (χ0n) is 13.9. The Morgan fingerprint density at radius 1 is 1.12 bits per heavy atom. The van der Waals surface area contributed by atoms with Gasteiger partial charge in [-0.1, -0.05) is 29.8 Å². The molecule has 1 N–H and O–H groups in total. The molecule has 0 bridgehead atoms. The SMILES string of the molecule is Cc1c(NS(=O)(=O)c2ccc(F)c(Cl)c2)c(=O)n(-c2ccccc2)n1C. The monoisotopic (exact) mass is 395 g/mol. The Hall–Kier alpha value is -2.58. The van der Waals surface area contributed by atoms with Crippen LogP contribution >= 0.6 is 11.6 Å². The second kappa shape index (κ2) is 6.62. The smallest absolute Gasteiger partial charge is 0.283 e. The van der Waals surface area contributed by atoms with Crippen molar-refractivity contribution in [1.29, 1.82) is 0 Å². The minimum absolute atomic E-state index is 0.0863. The molecule has 0 saturated carbocycles. The van der Waals surface area contributed by atoms with Crippen molar-refractivity contribution in [2.45, 2.75) is 11.8 Å². The van der Waals surface area contributed by atoms with E-state index in [1.807, 2.05) is 6.07 Å². The number of anilines is 1. The number of hydrogen-bond acceptors (Lipinski definition) is 3. The number of nitrogens with zero attached hydrogens (tertiary/aromatic N) is 2. The van der Waals surface area contributed by atoms with Crippen molar-refractivity contribution in [3.8, 4) is 5.69 Å². The van der Waals surface area contributed by atoms with Crippen molar-refractivity contribution in [2.75, 3.05) is 4.72 Å². The molecule has 0 unspecified atom stereocenters. The van der Waals surface area contributed by atoms with Gasteiger partial charge in [-0.25, -0.2) is 17.5 Å². The summed E-state index contributed by atoms with van der Waals surface area (Å²) in [4.78, 5) is 12.5. The molecule has 6 nitrogen and oxygen atoms in total. The Morgan fingerprint density at radius 2 is 1.77 bits per heavy atom. The van der Waals surface area contributed by atoms with E-state index >= 15 is 0 Å². The molecule has 0 spiro atoms. The standard InChI is InChI=1S/C17H15ClFN3O3S/c1-11-16(17(23)22(21(11)2)12-6-4-3-5-7-12)20-26(24,25)13-8-9-15(19)14(18)10-13/h3-10,20H,1-2H3.